The van der Waals surface area contributed by atoms with Crippen LogP contribution < -0.4 is 29.2 Å². The molecule has 3 aromatic carbocycles. The fraction of sp³-hybridized carbons (Fsp3) is 0.333. The molecule has 0 unspecified atom stereocenters. The SMILES string of the molecule is CCc1ccc(NC(=O)[C@H]2CCC(=O)N(c3cc(OC)c(OC)c(OC)c3)[C@@H]2c2ccc(OC)cc2)cc1. The van der Waals surface area contributed by atoms with Crippen molar-refractivity contribution in [2.24, 2.45) is 5.92 Å². The molecule has 1 heterocycles. The van der Waals surface area contributed by atoms with Gasteiger partial charge in [-0.25, -0.2) is 0 Å². The van der Waals surface area contributed by atoms with E-state index in [1.807, 2.05) is 48.5 Å². The second-order valence-corrected chi connectivity index (χ2v) is 9.05. The molecule has 3 aromatic rings. The van der Waals surface area contributed by atoms with Crippen LogP contribution in [0.5, 0.6) is 23.0 Å². The highest BCUT2D eigenvalue weighted by Crippen LogP contribution is 2.46. The maximum Gasteiger partial charge on any atom is 0.229 e. The number of nitrogens with zero attached hydrogens (tertiary/aromatic N) is 1. The van der Waals surface area contributed by atoms with Gasteiger partial charge in [0.25, 0.3) is 0 Å². The smallest absolute Gasteiger partial charge is 0.229 e. The first-order valence-corrected chi connectivity index (χ1v) is 12.6. The fourth-order valence-electron chi connectivity index (χ4n) is 4.92. The summed E-state index contributed by atoms with van der Waals surface area (Å²) < 4.78 is 21.9. The molecule has 8 heteroatoms. The molecule has 1 saturated heterocycles. The van der Waals surface area contributed by atoms with Crippen molar-refractivity contribution in [1.82, 2.24) is 0 Å². The second-order valence-electron chi connectivity index (χ2n) is 9.05. The number of hydrogen-bond donors (Lipinski definition) is 1. The van der Waals surface area contributed by atoms with Crippen molar-refractivity contribution in [3.8, 4) is 23.0 Å². The van der Waals surface area contributed by atoms with Crippen molar-refractivity contribution in [1.29, 1.82) is 0 Å². The molecular formula is C30H34N2O6. The van der Waals surface area contributed by atoms with E-state index in [0.717, 1.165) is 17.7 Å². The molecule has 1 aliphatic rings. The van der Waals surface area contributed by atoms with E-state index in [1.54, 1.807) is 24.1 Å². The third-order valence-corrected chi connectivity index (χ3v) is 6.95. The number of rotatable bonds is 9. The van der Waals surface area contributed by atoms with Gasteiger partial charge in [-0.05, 0) is 48.2 Å². The summed E-state index contributed by atoms with van der Waals surface area (Å²) in [4.78, 5) is 28.9. The number of hydrogen-bond acceptors (Lipinski definition) is 6. The predicted molar refractivity (Wildman–Crippen MR) is 146 cm³/mol. The number of piperidine rings is 1. The second kappa shape index (κ2) is 11.9. The zero-order chi connectivity index (χ0) is 27.2. The van der Waals surface area contributed by atoms with E-state index in [4.69, 9.17) is 18.9 Å². The van der Waals surface area contributed by atoms with E-state index in [9.17, 15) is 9.59 Å². The average Bonchev–Trinajstić information content (AvgIpc) is 2.96. The summed E-state index contributed by atoms with van der Waals surface area (Å²) >= 11 is 0. The lowest BCUT2D eigenvalue weighted by atomic mass is 9.83. The van der Waals surface area contributed by atoms with Gasteiger partial charge >= 0.3 is 0 Å². The van der Waals surface area contributed by atoms with Crippen LogP contribution in [0.4, 0.5) is 11.4 Å². The summed E-state index contributed by atoms with van der Waals surface area (Å²) in [6, 6.07) is 18.2. The molecule has 0 saturated carbocycles. The summed E-state index contributed by atoms with van der Waals surface area (Å²) in [5.74, 6) is 1.19. The highest BCUT2D eigenvalue weighted by atomic mass is 16.5. The first-order valence-electron chi connectivity index (χ1n) is 12.6. The van der Waals surface area contributed by atoms with Crippen molar-refractivity contribution >= 4 is 23.2 Å². The Morgan fingerprint density at radius 2 is 1.53 bits per heavy atom. The molecule has 1 fully saturated rings. The van der Waals surface area contributed by atoms with Gasteiger partial charge in [0.2, 0.25) is 17.6 Å². The molecule has 0 spiro atoms. The number of methoxy groups -OCH3 is 4. The van der Waals surface area contributed by atoms with Crippen LogP contribution in [0.15, 0.2) is 60.7 Å². The molecule has 38 heavy (non-hydrogen) atoms. The largest absolute Gasteiger partial charge is 0.497 e. The molecule has 1 aliphatic heterocycles. The Hall–Kier alpha value is -4.20. The highest BCUT2D eigenvalue weighted by Gasteiger charge is 2.42. The van der Waals surface area contributed by atoms with Crippen LogP contribution in [0, 0.1) is 5.92 Å². The van der Waals surface area contributed by atoms with Gasteiger partial charge in [-0.15, -0.1) is 0 Å². The van der Waals surface area contributed by atoms with Gasteiger partial charge in [-0.1, -0.05) is 31.2 Å². The van der Waals surface area contributed by atoms with Crippen LogP contribution in [-0.4, -0.2) is 40.3 Å². The Bertz CT molecular complexity index is 1250. The minimum Gasteiger partial charge on any atom is -0.497 e. The lowest BCUT2D eigenvalue weighted by molar-refractivity contribution is -0.125. The van der Waals surface area contributed by atoms with Gasteiger partial charge in [0.15, 0.2) is 11.5 Å². The minimum atomic E-state index is -0.570. The quantitative estimate of drug-likeness (QED) is 0.408. The first-order chi connectivity index (χ1) is 18.4. The summed E-state index contributed by atoms with van der Waals surface area (Å²) in [5, 5.41) is 3.06. The van der Waals surface area contributed by atoms with Crippen LogP contribution in [0.1, 0.15) is 36.9 Å². The monoisotopic (exact) mass is 518 g/mol. The van der Waals surface area contributed by atoms with Crippen molar-refractivity contribution < 1.29 is 28.5 Å². The van der Waals surface area contributed by atoms with Crippen molar-refractivity contribution in [3.63, 3.8) is 0 Å². The van der Waals surface area contributed by atoms with Crippen LogP contribution in [0.2, 0.25) is 0 Å². The van der Waals surface area contributed by atoms with Crippen LogP contribution in [0.3, 0.4) is 0 Å². The third kappa shape index (κ3) is 5.39. The summed E-state index contributed by atoms with van der Waals surface area (Å²) in [6.07, 6.45) is 1.55. The Kier molecular flexibility index (Phi) is 8.41. The van der Waals surface area contributed by atoms with Crippen molar-refractivity contribution in [2.45, 2.75) is 32.2 Å². The van der Waals surface area contributed by atoms with Gasteiger partial charge in [0.1, 0.15) is 5.75 Å². The van der Waals surface area contributed by atoms with E-state index in [0.29, 0.717) is 35.1 Å². The number of anilines is 2. The Balaban J connectivity index is 1.79. The normalized spacial score (nSPS) is 17.1. The van der Waals surface area contributed by atoms with Gasteiger partial charge in [0, 0.05) is 24.2 Å². The summed E-state index contributed by atoms with van der Waals surface area (Å²) in [5.41, 5.74) is 3.28. The minimum absolute atomic E-state index is 0.101. The topological polar surface area (TPSA) is 86.3 Å². The molecule has 0 aliphatic carbocycles. The number of carbonyl (C=O) groups excluding carboxylic acids is 2. The molecule has 2 amide bonds. The van der Waals surface area contributed by atoms with Crippen molar-refractivity contribution in [3.05, 3.63) is 71.8 Å². The molecule has 200 valence electrons. The van der Waals surface area contributed by atoms with E-state index in [2.05, 4.69) is 12.2 Å². The fourth-order valence-corrected chi connectivity index (χ4v) is 4.92. The lowest BCUT2D eigenvalue weighted by Gasteiger charge is -2.41. The number of amides is 2. The predicted octanol–water partition coefficient (Wildman–Crippen LogP) is 5.41. The van der Waals surface area contributed by atoms with E-state index >= 15 is 0 Å². The van der Waals surface area contributed by atoms with Crippen molar-refractivity contribution in [2.75, 3.05) is 38.7 Å². The Morgan fingerprint density at radius 3 is 2.05 bits per heavy atom. The number of carbonyl (C=O) groups is 2. The van der Waals surface area contributed by atoms with Gasteiger partial charge in [-0.3, -0.25) is 9.59 Å². The van der Waals surface area contributed by atoms with Gasteiger partial charge in [0.05, 0.1) is 46.1 Å². The summed E-state index contributed by atoms with van der Waals surface area (Å²) in [6.45, 7) is 2.09. The van der Waals surface area contributed by atoms with E-state index in [1.165, 1.54) is 26.9 Å². The Labute approximate surface area is 223 Å². The molecule has 4 rings (SSSR count). The number of aryl methyl sites for hydroxylation is 1. The zero-order valence-corrected chi connectivity index (χ0v) is 22.4. The molecule has 1 N–H and O–H groups in total. The number of benzene rings is 3. The van der Waals surface area contributed by atoms with Gasteiger partial charge in [-0.2, -0.15) is 0 Å². The summed E-state index contributed by atoms with van der Waals surface area (Å²) in [7, 11) is 6.18. The first kappa shape index (κ1) is 26.9. The zero-order valence-electron chi connectivity index (χ0n) is 22.4. The Morgan fingerprint density at radius 1 is 0.895 bits per heavy atom. The highest BCUT2D eigenvalue weighted by molar-refractivity contribution is 6.00. The molecule has 0 radical (unpaired) electrons. The molecule has 8 nitrogen and oxygen atoms in total. The van der Waals surface area contributed by atoms with Gasteiger partial charge < -0.3 is 29.2 Å². The van der Waals surface area contributed by atoms with Crippen LogP contribution >= 0.6 is 0 Å². The van der Waals surface area contributed by atoms with Crippen LogP contribution in [-0.2, 0) is 16.0 Å². The molecular weight excluding hydrogens is 484 g/mol. The average molecular weight is 519 g/mol. The maximum absolute atomic E-state index is 13.7. The standard InChI is InChI=1S/C30H34N2O6/c1-6-19-7-11-21(12-8-19)31-30(34)24-15-16-27(33)32(28(24)20-9-13-23(35-2)14-10-20)22-17-25(36-3)29(38-5)26(18-22)37-4/h7-14,17-18,24,28H,6,15-16H2,1-5H3,(H,31,34)/t24-,28+/m0/s1. The number of ether oxygens (including phenoxy) is 4. The van der Waals surface area contributed by atoms with Crippen LogP contribution in [0.25, 0.3) is 0 Å². The molecule has 0 bridgehead atoms. The van der Waals surface area contributed by atoms with E-state index < -0.39 is 12.0 Å². The molecule has 2 atom stereocenters. The third-order valence-electron chi connectivity index (χ3n) is 6.95. The maximum atomic E-state index is 13.7. The molecule has 0 aromatic heterocycles. The van der Waals surface area contributed by atoms with E-state index in [-0.39, 0.29) is 18.2 Å². The number of nitrogens with one attached hydrogen (secondary N) is 1. The lowest BCUT2D eigenvalue weighted by Crippen LogP contribution is -2.47.